The summed E-state index contributed by atoms with van der Waals surface area (Å²) in [6.07, 6.45) is 4.62. The molecular formula is C52H52CaF2N4O8. The van der Waals surface area contributed by atoms with Crippen molar-refractivity contribution in [2.75, 3.05) is 23.9 Å². The van der Waals surface area contributed by atoms with Crippen molar-refractivity contribution in [3.63, 3.8) is 0 Å². The van der Waals surface area contributed by atoms with E-state index in [1.165, 1.54) is 36.4 Å². The van der Waals surface area contributed by atoms with Crippen LogP contribution in [0.1, 0.15) is 85.7 Å². The molecule has 0 bridgehead atoms. The third-order valence-electron chi connectivity index (χ3n) is 11.7. The zero-order chi connectivity index (χ0) is 47.1. The molecule has 2 saturated carbocycles. The number of aromatic nitrogens is 2. The van der Waals surface area contributed by atoms with Gasteiger partial charge in [0.2, 0.25) is 0 Å². The molecule has 67 heavy (non-hydrogen) atoms. The fraction of sp³-hybridized carbons (Fsp3) is 0.308. The van der Waals surface area contributed by atoms with Gasteiger partial charge in [-0.3, -0.25) is 9.97 Å². The van der Waals surface area contributed by atoms with Crippen molar-refractivity contribution >= 4 is 106 Å². The molecule has 0 unspecified atom stereocenters. The molecule has 2 aliphatic rings. The third kappa shape index (κ3) is 13.4. The van der Waals surface area contributed by atoms with E-state index in [1.54, 1.807) is 24.3 Å². The number of aliphatic hydroxyl groups is 4. The van der Waals surface area contributed by atoms with Crippen molar-refractivity contribution in [3.05, 3.63) is 143 Å². The van der Waals surface area contributed by atoms with Gasteiger partial charge in [-0.25, -0.2) is 8.78 Å². The number of carbonyl (C=O) groups is 2. The third-order valence-corrected chi connectivity index (χ3v) is 11.7. The molecule has 4 aromatic carbocycles. The maximum Gasteiger partial charge on any atom is 2.00 e. The van der Waals surface area contributed by atoms with E-state index in [9.17, 15) is 49.0 Å². The minimum Gasteiger partial charge on any atom is -0.550 e. The second-order valence-electron chi connectivity index (χ2n) is 17.0. The maximum absolute atomic E-state index is 14.3. The Balaban J connectivity index is 0.000000218. The van der Waals surface area contributed by atoms with Gasteiger partial charge in [0.15, 0.2) is 0 Å². The number of rotatable bonds is 18. The summed E-state index contributed by atoms with van der Waals surface area (Å²) < 4.78 is 28.5. The SMILES string of the molecule is CN(c1ccccc1)c1c(/C=C/[C@@H](O)C[C@@H](O)CC(=O)[O-])c(C2CC2)nc2ccc(F)cc12.CN(c1ccccc1)c1c(/C=C/[C@@H](O)C[C@@H](O)CC(=O)[O-])c(C2CC2)nc2ccc(F)cc12.[Ca+2]. The van der Waals surface area contributed by atoms with Crippen molar-refractivity contribution < 1.29 is 49.0 Å². The average molecular weight is 939 g/mol. The van der Waals surface area contributed by atoms with E-state index in [0.717, 1.165) is 70.9 Å². The second kappa shape index (κ2) is 23.1. The van der Waals surface area contributed by atoms with Gasteiger partial charge in [0.05, 0.1) is 58.2 Å². The van der Waals surface area contributed by atoms with Crippen LogP contribution in [0.2, 0.25) is 0 Å². The predicted octanol–water partition coefficient (Wildman–Crippen LogP) is 6.19. The van der Waals surface area contributed by atoms with Gasteiger partial charge < -0.3 is 50.0 Å². The number of benzene rings is 4. The number of hydrogen-bond acceptors (Lipinski definition) is 12. The largest absolute Gasteiger partial charge is 2.00 e. The smallest absolute Gasteiger partial charge is 0.550 e. The first-order chi connectivity index (χ1) is 31.7. The van der Waals surface area contributed by atoms with Crippen LogP contribution in [0.15, 0.2) is 109 Å². The van der Waals surface area contributed by atoms with Gasteiger partial charge in [-0.2, -0.15) is 0 Å². The van der Waals surface area contributed by atoms with Gasteiger partial charge in [-0.15, -0.1) is 0 Å². The molecule has 6 aromatic rings. The molecule has 0 saturated heterocycles. The molecule has 344 valence electrons. The Morgan fingerprint density at radius 2 is 0.985 bits per heavy atom. The first kappa shape index (κ1) is 51.1. The molecule has 0 spiro atoms. The Morgan fingerprint density at radius 1 is 0.627 bits per heavy atom. The second-order valence-corrected chi connectivity index (χ2v) is 17.0. The van der Waals surface area contributed by atoms with E-state index in [1.807, 2.05) is 84.6 Å². The van der Waals surface area contributed by atoms with E-state index in [4.69, 9.17) is 9.97 Å². The average Bonchev–Trinajstić information content (AvgIpc) is 4.22. The molecule has 0 aliphatic heterocycles. The Kier molecular flexibility index (Phi) is 17.6. The zero-order valence-electron chi connectivity index (χ0n) is 37.3. The molecule has 15 heteroatoms. The summed E-state index contributed by atoms with van der Waals surface area (Å²) in [6.45, 7) is 0. The Bertz CT molecular complexity index is 2550. The summed E-state index contributed by atoms with van der Waals surface area (Å²) >= 11 is 0. The van der Waals surface area contributed by atoms with Gasteiger partial charge in [0, 0.05) is 96.8 Å². The molecule has 0 radical (unpaired) electrons. The van der Waals surface area contributed by atoms with Crippen LogP contribution in [0, 0.1) is 11.6 Å². The van der Waals surface area contributed by atoms with Crippen LogP contribution in [0.25, 0.3) is 34.0 Å². The molecule has 2 aromatic heterocycles. The summed E-state index contributed by atoms with van der Waals surface area (Å²) in [5.41, 5.74) is 8.06. The van der Waals surface area contributed by atoms with Crippen LogP contribution in [0.3, 0.4) is 0 Å². The van der Waals surface area contributed by atoms with Crippen molar-refractivity contribution in [1.82, 2.24) is 9.97 Å². The summed E-state index contributed by atoms with van der Waals surface area (Å²) in [6, 6.07) is 28.5. The van der Waals surface area contributed by atoms with Crippen LogP contribution >= 0.6 is 0 Å². The minimum atomic E-state index is -1.37. The summed E-state index contributed by atoms with van der Waals surface area (Å²) in [5.74, 6) is -2.92. The van der Waals surface area contributed by atoms with E-state index < -0.39 is 49.2 Å². The van der Waals surface area contributed by atoms with Gasteiger partial charge >= 0.3 is 37.7 Å². The van der Waals surface area contributed by atoms with Crippen molar-refractivity contribution in [2.24, 2.45) is 0 Å². The van der Waals surface area contributed by atoms with Crippen molar-refractivity contribution in [1.29, 1.82) is 0 Å². The summed E-state index contributed by atoms with van der Waals surface area (Å²) in [7, 11) is 3.81. The van der Waals surface area contributed by atoms with E-state index in [0.29, 0.717) is 21.8 Å². The van der Waals surface area contributed by atoms with Crippen LogP contribution in [0.4, 0.5) is 31.5 Å². The zero-order valence-corrected chi connectivity index (χ0v) is 39.6. The standard InChI is InChI=1S/2C26H27FN2O4.Ca/c2*1-29(18-5-3-2-4-6-18)26-21(11-10-19(30)14-20(31)15-24(32)33)25(16-7-8-16)28-23-12-9-17(27)13-22(23)26;/h2*2-6,9-13,16,19-20,30-31H,7-8,14-15H2,1H3,(H,32,33);/q;;+2/p-2/b2*11-10+;/t2*19-,20-;/m11./s1. The first-order valence-corrected chi connectivity index (χ1v) is 22.0. The molecule has 4 N–H and O–H groups in total. The number of aliphatic carboxylic acids is 2. The molecule has 2 fully saturated rings. The van der Waals surface area contributed by atoms with Gasteiger partial charge in [0.25, 0.3) is 0 Å². The number of aliphatic hydroxyl groups excluding tert-OH is 4. The first-order valence-electron chi connectivity index (χ1n) is 22.0. The van der Waals surface area contributed by atoms with Crippen LogP contribution in [-0.4, -0.2) is 119 Å². The summed E-state index contributed by atoms with van der Waals surface area (Å²) in [5, 5.41) is 63.1. The van der Waals surface area contributed by atoms with Crippen LogP contribution in [0.5, 0.6) is 0 Å². The van der Waals surface area contributed by atoms with Gasteiger partial charge in [0.1, 0.15) is 11.6 Å². The van der Waals surface area contributed by atoms with Crippen molar-refractivity contribution in [3.8, 4) is 0 Å². The molecule has 8 rings (SSSR count). The van der Waals surface area contributed by atoms with E-state index in [-0.39, 0.29) is 74.1 Å². The summed E-state index contributed by atoms with van der Waals surface area (Å²) in [4.78, 5) is 35.0. The van der Waals surface area contributed by atoms with Gasteiger partial charge in [-0.05, 0) is 86.3 Å². The maximum atomic E-state index is 14.3. The number of hydrogen-bond donors (Lipinski definition) is 4. The van der Waals surface area contributed by atoms with Crippen molar-refractivity contribution in [2.45, 2.75) is 87.6 Å². The Labute approximate surface area is 417 Å². The molecule has 2 aliphatic carbocycles. The number of fused-ring (bicyclic) bond motifs is 2. The number of halogens is 2. The molecule has 12 nitrogen and oxygen atoms in total. The Morgan fingerprint density at radius 3 is 1.31 bits per heavy atom. The molecule has 0 amide bonds. The fourth-order valence-corrected chi connectivity index (χ4v) is 8.13. The number of anilines is 4. The fourth-order valence-electron chi connectivity index (χ4n) is 8.13. The number of carboxylic acid groups (broad SMARTS) is 2. The van der Waals surface area contributed by atoms with Crippen LogP contribution < -0.4 is 20.0 Å². The topological polar surface area (TPSA) is 193 Å². The normalized spacial score (nSPS) is 15.4. The van der Waals surface area contributed by atoms with Gasteiger partial charge in [-0.1, -0.05) is 60.7 Å². The van der Waals surface area contributed by atoms with E-state index >= 15 is 0 Å². The predicted molar refractivity (Wildman–Crippen MR) is 253 cm³/mol. The number of carboxylic acids is 2. The Hall–Kier alpha value is -5.32. The number of para-hydroxylation sites is 2. The minimum absolute atomic E-state index is 0. The molecule has 4 atom stereocenters. The van der Waals surface area contributed by atoms with E-state index in [2.05, 4.69) is 0 Å². The number of nitrogens with zero attached hydrogens (tertiary/aromatic N) is 4. The number of carbonyl (C=O) groups excluding carboxylic acids is 2. The monoisotopic (exact) mass is 938 g/mol. The van der Waals surface area contributed by atoms with Crippen LogP contribution in [-0.2, 0) is 9.59 Å². The molecule has 2 heterocycles. The molecular weight excluding hydrogens is 887 g/mol. The number of pyridine rings is 2. The quantitative estimate of drug-likeness (QED) is 0.0716.